The van der Waals surface area contributed by atoms with Crippen LogP contribution in [0.15, 0.2) is 0 Å². The molecule has 114 valence electrons. The van der Waals surface area contributed by atoms with Crippen molar-refractivity contribution in [1.82, 2.24) is 10.6 Å². The number of amides is 2. The molecule has 4 atom stereocenters. The zero-order valence-electron chi connectivity index (χ0n) is 12.8. The van der Waals surface area contributed by atoms with E-state index in [1.54, 1.807) is 6.92 Å². The third kappa shape index (κ3) is 2.38. The predicted octanol–water partition coefficient (Wildman–Crippen LogP) is 2.36. The second kappa shape index (κ2) is 4.93. The van der Waals surface area contributed by atoms with Gasteiger partial charge in [0.15, 0.2) is 0 Å². The van der Waals surface area contributed by atoms with Crippen LogP contribution in [-0.4, -0.2) is 29.2 Å². The molecule has 0 aliphatic heterocycles. The summed E-state index contributed by atoms with van der Waals surface area (Å²) in [6.07, 6.45) is 3.91. The van der Waals surface area contributed by atoms with Crippen molar-refractivity contribution in [3.8, 4) is 0 Å². The van der Waals surface area contributed by atoms with Crippen LogP contribution >= 0.6 is 0 Å². The van der Waals surface area contributed by atoms with E-state index in [0.717, 1.165) is 12.8 Å². The van der Waals surface area contributed by atoms with Crippen molar-refractivity contribution in [2.45, 2.75) is 65.5 Å². The van der Waals surface area contributed by atoms with Gasteiger partial charge in [-0.3, -0.25) is 0 Å². The summed E-state index contributed by atoms with van der Waals surface area (Å²) < 4.78 is 0. The van der Waals surface area contributed by atoms with E-state index in [1.807, 2.05) is 0 Å². The van der Waals surface area contributed by atoms with Gasteiger partial charge in [-0.25, -0.2) is 9.59 Å². The molecule has 2 fully saturated rings. The van der Waals surface area contributed by atoms with Crippen LogP contribution in [0.1, 0.15) is 53.4 Å². The number of carbonyl (C=O) groups excluding carboxylic acids is 1. The minimum absolute atomic E-state index is 0.0786. The molecule has 2 aliphatic carbocycles. The lowest BCUT2D eigenvalue weighted by molar-refractivity contribution is -0.139. The van der Waals surface area contributed by atoms with E-state index in [2.05, 4.69) is 31.4 Å². The highest BCUT2D eigenvalue weighted by molar-refractivity contribution is 5.82. The second-order valence-corrected chi connectivity index (χ2v) is 7.27. The summed E-state index contributed by atoms with van der Waals surface area (Å²) in [5.74, 6) is -0.333. The molecule has 3 N–H and O–H groups in total. The van der Waals surface area contributed by atoms with Gasteiger partial charge < -0.3 is 15.7 Å². The number of carbonyl (C=O) groups is 2. The van der Waals surface area contributed by atoms with Gasteiger partial charge in [-0.1, -0.05) is 27.7 Å². The first-order valence-corrected chi connectivity index (χ1v) is 7.50. The minimum Gasteiger partial charge on any atom is -0.480 e. The predicted molar refractivity (Wildman–Crippen MR) is 76.4 cm³/mol. The van der Waals surface area contributed by atoms with E-state index in [0.29, 0.717) is 12.3 Å². The van der Waals surface area contributed by atoms with Crippen LogP contribution in [0.25, 0.3) is 0 Å². The maximum atomic E-state index is 12.1. The number of hydrogen-bond acceptors (Lipinski definition) is 2. The molecule has 5 nitrogen and oxygen atoms in total. The number of aliphatic carboxylic acids is 1. The van der Waals surface area contributed by atoms with Gasteiger partial charge in [0.25, 0.3) is 0 Å². The van der Waals surface area contributed by atoms with Crippen molar-refractivity contribution in [1.29, 1.82) is 0 Å². The Hall–Kier alpha value is -1.26. The number of carboxylic acid groups (broad SMARTS) is 1. The van der Waals surface area contributed by atoms with Gasteiger partial charge in [-0.15, -0.1) is 0 Å². The third-order valence-corrected chi connectivity index (χ3v) is 5.56. The Bertz CT molecular complexity index is 417. The average molecular weight is 282 g/mol. The maximum absolute atomic E-state index is 12.1. The van der Waals surface area contributed by atoms with E-state index in [-0.39, 0.29) is 22.9 Å². The Labute approximate surface area is 120 Å². The standard InChI is InChI=1S/C15H26N2O3/c1-5-10(11(18)19)16-13(20)17-12-14(2,3)9-6-7-15(12,4)8-9/h9-10,12H,5-8H2,1-4H3,(H,18,19)(H2,16,17,20)/t9?,10-,12?,15?/m1/s1. The van der Waals surface area contributed by atoms with Crippen LogP contribution < -0.4 is 10.6 Å². The number of nitrogens with one attached hydrogen (secondary N) is 2. The van der Waals surface area contributed by atoms with Crippen molar-refractivity contribution in [2.24, 2.45) is 16.7 Å². The highest BCUT2D eigenvalue weighted by Crippen LogP contribution is 2.62. The monoisotopic (exact) mass is 282 g/mol. The third-order valence-electron chi connectivity index (χ3n) is 5.56. The highest BCUT2D eigenvalue weighted by Gasteiger charge is 2.59. The summed E-state index contributed by atoms with van der Waals surface area (Å²) >= 11 is 0. The fourth-order valence-corrected chi connectivity index (χ4v) is 4.33. The fraction of sp³-hybridized carbons (Fsp3) is 0.867. The van der Waals surface area contributed by atoms with E-state index in [9.17, 15) is 9.59 Å². The van der Waals surface area contributed by atoms with Gasteiger partial charge in [-0.2, -0.15) is 0 Å². The molecule has 0 aromatic heterocycles. The maximum Gasteiger partial charge on any atom is 0.326 e. The van der Waals surface area contributed by atoms with Gasteiger partial charge in [-0.05, 0) is 42.4 Å². The smallest absolute Gasteiger partial charge is 0.326 e. The number of urea groups is 1. The van der Waals surface area contributed by atoms with E-state index in [4.69, 9.17) is 5.11 Å². The lowest BCUT2D eigenvalue weighted by atomic mass is 9.68. The van der Waals surface area contributed by atoms with E-state index in [1.165, 1.54) is 6.42 Å². The van der Waals surface area contributed by atoms with Gasteiger partial charge in [0.1, 0.15) is 6.04 Å². The minimum atomic E-state index is -0.985. The van der Waals surface area contributed by atoms with Crippen molar-refractivity contribution in [3.05, 3.63) is 0 Å². The zero-order chi connectivity index (χ0) is 15.1. The first-order chi connectivity index (χ1) is 9.20. The molecule has 2 aliphatic rings. The zero-order valence-corrected chi connectivity index (χ0v) is 12.8. The van der Waals surface area contributed by atoms with Crippen LogP contribution in [0.2, 0.25) is 0 Å². The Balaban J connectivity index is 2.02. The van der Waals surface area contributed by atoms with Gasteiger partial charge in [0.2, 0.25) is 0 Å². The van der Waals surface area contributed by atoms with Crippen LogP contribution in [-0.2, 0) is 4.79 Å². The largest absolute Gasteiger partial charge is 0.480 e. The normalized spacial score (nSPS) is 35.6. The Morgan fingerprint density at radius 1 is 1.35 bits per heavy atom. The summed E-state index contributed by atoms with van der Waals surface area (Å²) in [4.78, 5) is 23.1. The molecule has 0 aromatic rings. The molecule has 5 heteroatoms. The van der Waals surface area contributed by atoms with Crippen molar-refractivity contribution < 1.29 is 14.7 Å². The molecule has 0 radical (unpaired) electrons. The van der Waals surface area contributed by atoms with Crippen LogP contribution in [0, 0.1) is 16.7 Å². The SMILES string of the molecule is CC[C@@H](NC(=O)NC1C2(C)CCC(C2)C1(C)C)C(=O)O. The van der Waals surface area contributed by atoms with E-state index < -0.39 is 12.0 Å². The molecule has 0 heterocycles. The summed E-state index contributed by atoms with van der Waals surface area (Å²) in [7, 11) is 0. The molecule has 2 saturated carbocycles. The number of hydrogen-bond donors (Lipinski definition) is 3. The van der Waals surface area contributed by atoms with Crippen LogP contribution in [0.3, 0.4) is 0 Å². The quantitative estimate of drug-likeness (QED) is 0.740. The molecule has 2 bridgehead atoms. The summed E-state index contributed by atoms with van der Waals surface area (Å²) in [6, 6.07) is -1.06. The number of carboxylic acids is 1. The first kappa shape index (κ1) is 15.1. The number of rotatable bonds is 4. The topological polar surface area (TPSA) is 78.4 Å². The van der Waals surface area contributed by atoms with Crippen molar-refractivity contribution >= 4 is 12.0 Å². The van der Waals surface area contributed by atoms with E-state index >= 15 is 0 Å². The molecule has 0 aromatic carbocycles. The van der Waals surface area contributed by atoms with Gasteiger partial charge >= 0.3 is 12.0 Å². The summed E-state index contributed by atoms with van der Waals surface area (Å²) in [6.45, 7) is 8.41. The Morgan fingerprint density at radius 3 is 2.45 bits per heavy atom. The average Bonchev–Trinajstić information content (AvgIpc) is 2.82. The van der Waals surface area contributed by atoms with Crippen molar-refractivity contribution in [2.75, 3.05) is 0 Å². The lowest BCUT2D eigenvalue weighted by Gasteiger charge is -2.43. The first-order valence-electron chi connectivity index (χ1n) is 7.50. The molecule has 0 spiro atoms. The Morgan fingerprint density at radius 2 is 2.00 bits per heavy atom. The molecular formula is C15H26N2O3. The lowest BCUT2D eigenvalue weighted by Crippen LogP contribution is -2.56. The molecule has 0 saturated heterocycles. The molecule has 2 amide bonds. The molecule has 3 unspecified atom stereocenters. The fourth-order valence-electron chi connectivity index (χ4n) is 4.33. The Kier molecular flexibility index (Phi) is 3.73. The van der Waals surface area contributed by atoms with Gasteiger partial charge in [0, 0.05) is 6.04 Å². The number of fused-ring (bicyclic) bond motifs is 2. The van der Waals surface area contributed by atoms with Crippen LogP contribution in [0.5, 0.6) is 0 Å². The summed E-state index contributed by atoms with van der Waals surface area (Å²) in [5, 5.41) is 14.6. The van der Waals surface area contributed by atoms with Crippen LogP contribution in [0.4, 0.5) is 4.79 Å². The molecular weight excluding hydrogens is 256 g/mol. The molecule has 20 heavy (non-hydrogen) atoms. The molecule has 2 rings (SSSR count). The van der Waals surface area contributed by atoms with Gasteiger partial charge in [0.05, 0.1) is 0 Å². The highest BCUT2D eigenvalue weighted by atomic mass is 16.4. The van der Waals surface area contributed by atoms with Crippen molar-refractivity contribution in [3.63, 3.8) is 0 Å². The second-order valence-electron chi connectivity index (χ2n) is 7.27. The summed E-state index contributed by atoms with van der Waals surface area (Å²) in [5.41, 5.74) is 0.228.